The first kappa shape index (κ1) is 21.3. The van der Waals surface area contributed by atoms with Gasteiger partial charge in [0.05, 0.1) is 0 Å². The van der Waals surface area contributed by atoms with Gasteiger partial charge in [0.1, 0.15) is 12.4 Å². The summed E-state index contributed by atoms with van der Waals surface area (Å²) in [5.74, 6) is 0. The number of likely N-dealkylation sites (N-methyl/N-ethyl adjacent to an activating group) is 1. The molecule has 0 aromatic rings. The third-order valence-electron chi connectivity index (χ3n) is 4.01. The topological polar surface area (TPSA) is 82.3 Å². The van der Waals surface area contributed by atoms with Crippen LogP contribution < -0.4 is 5.32 Å². The minimum Gasteiger partial charge on any atom is -0.393 e. The molecule has 1 aliphatic heterocycles. The van der Waals surface area contributed by atoms with Crippen LogP contribution in [0.25, 0.3) is 0 Å². The molecule has 0 saturated carbocycles. The minimum absolute atomic E-state index is 0.0789. The summed E-state index contributed by atoms with van der Waals surface area (Å²) in [5.41, 5.74) is 0.810. The highest BCUT2D eigenvalue weighted by molar-refractivity contribution is 5.99. The first-order valence-corrected chi connectivity index (χ1v) is 9.12. The third-order valence-corrected chi connectivity index (χ3v) is 4.01. The standard InChI is InChI=1S/C18H33N5O2/c1-4-22-25-16(3)14-18(21-15-19)6-10-23(5-2)11-9-20-17-7-12-24-13-8-17/h4,6,10,15-17,19-20H,5,7-9,11-14H2,1-3H3/b10-6+,19-15?,21-18+,22-4+. The number of hydrogen-bond acceptors (Lipinski definition) is 6. The van der Waals surface area contributed by atoms with Crippen LogP contribution in [0.2, 0.25) is 0 Å². The van der Waals surface area contributed by atoms with E-state index in [0.717, 1.165) is 57.7 Å². The van der Waals surface area contributed by atoms with E-state index in [4.69, 9.17) is 15.0 Å². The van der Waals surface area contributed by atoms with E-state index < -0.39 is 0 Å². The number of allylic oxidation sites excluding steroid dienone is 1. The van der Waals surface area contributed by atoms with Gasteiger partial charge in [-0.15, -0.1) is 0 Å². The van der Waals surface area contributed by atoms with Crippen LogP contribution in [0.5, 0.6) is 0 Å². The van der Waals surface area contributed by atoms with E-state index in [1.165, 1.54) is 0 Å². The molecule has 1 unspecified atom stereocenters. The molecular formula is C18H33N5O2. The highest BCUT2D eigenvalue weighted by Crippen LogP contribution is 2.06. The molecular weight excluding hydrogens is 318 g/mol. The number of ether oxygens (including phenoxy) is 1. The monoisotopic (exact) mass is 351 g/mol. The van der Waals surface area contributed by atoms with Gasteiger partial charge in [0, 0.05) is 63.4 Å². The van der Waals surface area contributed by atoms with Crippen molar-refractivity contribution in [1.29, 1.82) is 5.41 Å². The van der Waals surface area contributed by atoms with E-state index in [1.54, 1.807) is 6.21 Å². The quantitative estimate of drug-likeness (QED) is 0.321. The van der Waals surface area contributed by atoms with Crippen molar-refractivity contribution in [2.45, 2.75) is 52.2 Å². The highest BCUT2D eigenvalue weighted by atomic mass is 16.6. The predicted molar refractivity (Wildman–Crippen MR) is 104 cm³/mol. The van der Waals surface area contributed by atoms with Gasteiger partial charge in [-0.1, -0.05) is 5.16 Å². The predicted octanol–water partition coefficient (Wildman–Crippen LogP) is 2.44. The zero-order chi connectivity index (χ0) is 18.3. The van der Waals surface area contributed by atoms with Crippen molar-refractivity contribution in [2.24, 2.45) is 10.1 Å². The summed E-state index contributed by atoms with van der Waals surface area (Å²) in [6.45, 7) is 10.4. The zero-order valence-corrected chi connectivity index (χ0v) is 15.8. The van der Waals surface area contributed by atoms with Crippen molar-refractivity contribution >= 4 is 18.3 Å². The summed E-state index contributed by atoms with van der Waals surface area (Å²) in [5, 5.41) is 14.6. The Balaban J connectivity index is 2.42. The van der Waals surface area contributed by atoms with Gasteiger partial charge in [-0.25, -0.2) is 4.99 Å². The van der Waals surface area contributed by atoms with Crippen LogP contribution in [0.1, 0.15) is 40.0 Å². The molecule has 0 aromatic heterocycles. The van der Waals surface area contributed by atoms with E-state index in [-0.39, 0.29) is 6.10 Å². The Hall–Kier alpha value is -1.73. The van der Waals surface area contributed by atoms with Crippen LogP contribution in [-0.2, 0) is 9.57 Å². The molecule has 7 nitrogen and oxygen atoms in total. The molecule has 0 amide bonds. The lowest BCUT2D eigenvalue weighted by Gasteiger charge is -2.25. The maximum atomic E-state index is 7.22. The molecule has 0 aliphatic carbocycles. The number of rotatable bonds is 12. The summed E-state index contributed by atoms with van der Waals surface area (Å²) >= 11 is 0. The van der Waals surface area contributed by atoms with Crippen molar-refractivity contribution < 1.29 is 9.57 Å². The minimum atomic E-state index is -0.0789. The van der Waals surface area contributed by atoms with Crippen LogP contribution in [0.3, 0.4) is 0 Å². The van der Waals surface area contributed by atoms with Gasteiger partial charge in [0.2, 0.25) is 0 Å². The van der Waals surface area contributed by atoms with E-state index >= 15 is 0 Å². The maximum absolute atomic E-state index is 7.22. The van der Waals surface area contributed by atoms with Crippen LogP contribution in [0.4, 0.5) is 0 Å². The molecule has 2 N–H and O–H groups in total. The molecule has 25 heavy (non-hydrogen) atoms. The molecule has 142 valence electrons. The molecule has 1 aliphatic rings. The molecule has 0 bridgehead atoms. The fourth-order valence-corrected chi connectivity index (χ4v) is 2.59. The number of aliphatic imine (C=N–C) groups is 1. The van der Waals surface area contributed by atoms with Gasteiger partial charge in [0.25, 0.3) is 0 Å². The molecule has 0 aromatic carbocycles. The van der Waals surface area contributed by atoms with Crippen molar-refractivity contribution in [3.8, 4) is 0 Å². The van der Waals surface area contributed by atoms with Crippen LogP contribution in [-0.4, -0.2) is 68.2 Å². The van der Waals surface area contributed by atoms with Crippen LogP contribution in [0, 0.1) is 5.41 Å². The maximum Gasteiger partial charge on any atom is 0.130 e. The van der Waals surface area contributed by atoms with Gasteiger partial charge in [0.15, 0.2) is 0 Å². The summed E-state index contributed by atoms with van der Waals surface area (Å²) in [6.07, 6.45) is 9.41. The first-order chi connectivity index (χ1) is 12.2. The normalized spacial score (nSPS) is 18.0. The Kier molecular flexibility index (Phi) is 11.6. The molecule has 1 heterocycles. The summed E-state index contributed by atoms with van der Waals surface area (Å²) in [4.78, 5) is 11.6. The Labute approximate surface area is 151 Å². The molecule has 1 saturated heterocycles. The fourth-order valence-electron chi connectivity index (χ4n) is 2.59. The summed E-state index contributed by atoms with van der Waals surface area (Å²) < 4.78 is 5.38. The lowest BCUT2D eigenvalue weighted by atomic mass is 10.1. The Morgan fingerprint density at radius 2 is 2.20 bits per heavy atom. The number of oxime groups is 1. The number of nitrogens with zero attached hydrogens (tertiary/aromatic N) is 3. The van der Waals surface area contributed by atoms with Gasteiger partial charge >= 0.3 is 0 Å². The number of nitrogens with one attached hydrogen (secondary N) is 2. The molecule has 0 spiro atoms. The molecule has 1 rings (SSSR count). The van der Waals surface area contributed by atoms with Gasteiger partial charge in [-0.05, 0) is 39.7 Å². The number of hydrogen-bond donors (Lipinski definition) is 2. The second kappa shape index (κ2) is 13.5. The Morgan fingerprint density at radius 1 is 1.44 bits per heavy atom. The highest BCUT2D eigenvalue weighted by Gasteiger charge is 2.12. The van der Waals surface area contributed by atoms with E-state index in [0.29, 0.717) is 12.5 Å². The van der Waals surface area contributed by atoms with E-state index in [9.17, 15) is 0 Å². The summed E-state index contributed by atoms with van der Waals surface area (Å²) in [6, 6.07) is 0.573. The smallest absolute Gasteiger partial charge is 0.130 e. The van der Waals surface area contributed by atoms with Crippen molar-refractivity contribution in [3.63, 3.8) is 0 Å². The van der Waals surface area contributed by atoms with E-state index in [1.807, 2.05) is 26.1 Å². The van der Waals surface area contributed by atoms with Gasteiger partial charge in [-0.3, -0.25) is 5.41 Å². The Morgan fingerprint density at radius 3 is 2.84 bits per heavy atom. The van der Waals surface area contributed by atoms with Crippen molar-refractivity contribution in [1.82, 2.24) is 10.2 Å². The second-order valence-electron chi connectivity index (χ2n) is 6.02. The van der Waals surface area contributed by atoms with E-state index in [2.05, 4.69) is 27.3 Å². The molecule has 7 heteroatoms. The summed E-state index contributed by atoms with van der Waals surface area (Å²) in [7, 11) is 0. The van der Waals surface area contributed by atoms with Crippen molar-refractivity contribution in [3.05, 3.63) is 12.3 Å². The van der Waals surface area contributed by atoms with Crippen molar-refractivity contribution in [2.75, 3.05) is 32.8 Å². The second-order valence-corrected chi connectivity index (χ2v) is 6.02. The molecule has 1 fully saturated rings. The van der Waals surface area contributed by atoms with Crippen LogP contribution >= 0.6 is 0 Å². The molecule has 0 radical (unpaired) electrons. The van der Waals surface area contributed by atoms with Gasteiger partial charge < -0.3 is 19.8 Å². The third kappa shape index (κ3) is 9.99. The zero-order valence-electron chi connectivity index (χ0n) is 15.8. The average Bonchev–Trinajstić information content (AvgIpc) is 2.63. The lowest BCUT2D eigenvalue weighted by molar-refractivity contribution is 0.0776. The first-order valence-electron chi connectivity index (χ1n) is 9.12. The largest absolute Gasteiger partial charge is 0.393 e. The SMILES string of the molecule is C/C=N/OC(C)CC(/C=C/N(CC)CCNC1CCOCC1)=N/C=N. The van der Waals surface area contributed by atoms with Gasteiger partial charge in [-0.2, -0.15) is 0 Å². The lowest BCUT2D eigenvalue weighted by Crippen LogP contribution is -2.38. The average molecular weight is 351 g/mol. The fraction of sp³-hybridized carbons (Fsp3) is 0.722. The Bertz CT molecular complexity index is 445. The van der Waals surface area contributed by atoms with Crippen LogP contribution in [0.15, 0.2) is 22.4 Å². The molecule has 1 atom stereocenters.